The molecule has 3 heteroatoms. The van der Waals surface area contributed by atoms with E-state index in [1.54, 1.807) is 0 Å². The highest BCUT2D eigenvalue weighted by atomic mass is 16.2. The Morgan fingerprint density at radius 2 is 1.88 bits per heavy atom. The number of hydrogen-bond acceptors (Lipinski definition) is 2. The van der Waals surface area contributed by atoms with Crippen LogP contribution in [0.2, 0.25) is 0 Å². The molecule has 1 saturated carbocycles. The van der Waals surface area contributed by atoms with Crippen LogP contribution in [0.4, 0.5) is 0 Å². The molecule has 0 spiro atoms. The topological polar surface area (TPSA) is 32.3 Å². The Kier molecular flexibility index (Phi) is 3.85. The van der Waals surface area contributed by atoms with Gasteiger partial charge in [-0.3, -0.25) is 4.79 Å². The Bertz CT molecular complexity index is 240. The second-order valence-electron chi connectivity index (χ2n) is 5.51. The molecule has 3 nitrogen and oxygen atoms in total. The summed E-state index contributed by atoms with van der Waals surface area (Å²) in [7, 11) is 1.99. The van der Waals surface area contributed by atoms with Crippen molar-refractivity contribution in [3.05, 3.63) is 0 Å². The number of rotatable bonds is 2. The van der Waals surface area contributed by atoms with E-state index in [-0.39, 0.29) is 6.04 Å². The van der Waals surface area contributed by atoms with Gasteiger partial charge in [-0.2, -0.15) is 0 Å². The molecule has 0 aromatic carbocycles. The molecule has 1 aliphatic heterocycles. The second-order valence-corrected chi connectivity index (χ2v) is 5.51. The molecule has 1 saturated heterocycles. The van der Waals surface area contributed by atoms with Gasteiger partial charge in [0.1, 0.15) is 0 Å². The van der Waals surface area contributed by atoms with Gasteiger partial charge in [0.05, 0.1) is 6.04 Å². The van der Waals surface area contributed by atoms with E-state index >= 15 is 0 Å². The van der Waals surface area contributed by atoms with Crippen molar-refractivity contribution in [2.24, 2.45) is 5.92 Å². The summed E-state index contributed by atoms with van der Waals surface area (Å²) in [5.41, 5.74) is 0. The average molecular weight is 224 g/mol. The lowest BCUT2D eigenvalue weighted by molar-refractivity contribution is -0.134. The van der Waals surface area contributed by atoms with Gasteiger partial charge in [0.25, 0.3) is 0 Å². The monoisotopic (exact) mass is 224 g/mol. The van der Waals surface area contributed by atoms with Crippen LogP contribution >= 0.6 is 0 Å². The number of nitrogens with zero attached hydrogens (tertiary/aromatic N) is 1. The maximum Gasteiger partial charge on any atom is 0.239 e. The Labute approximate surface area is 98.6 Å². The molecule has 2 rings (SSSR count). The van der Waals surface area contributed by atoms with Gasteiger partial charge >= 0.3 is 0 Å². The van der Waals surface area contributed by atoms with Gasteiger partial charge in [-0.15, -0.1) is 0 Å². The van der Waals surface area contributed by atoms with E-state index in [2.05, 4.69) is 12.2 Å². The fourth-order valence-corrected chi connectivity index (χ4v) is 2.95. The molecule has 1 heterocycles. The van der Waals surface area contributed by atoms with Gasteiger partial charge in [0.15, 0.2) is 0 Å². The third-order valence-corrected chi connectivity index (χ3v) is 4.24. The van der Waals surface area contributed by atoms with Crippen molar-refractivity contribution in [3.63, 3.8) is 0 Å². The molecule has 0 unspecified atom stereocenters. The molecule has 0 aromatic rings. The van der Waals surface area contributed by atoms with Gasteiger partial charge in [0.2, 0.25) is 5.91 Å². The summed E-state index contributed by atoms with van der Waals surface area (Å²) < 4.78 is 0. The minimum absolute atomic E-state index is 0.101. The van der Waals surface area contributed by atoms with Gasteiger partial charge in [-0.05, 0) is 51.0 Å². The van der Waals surface area contributed by atoms with Gasteiger partial charge in [0, 0.05) is 13.1 Å². The summed E-state index contributed by atoms with van der Waals surface area (Å²) >= 11 is 0. The molecule has 1 atom stereocenters. The lowest BCUT2D eigenvalue weighted by Crippen LogP contribution is -2.47. The standard InChI is InChI=1S/C13H24N2O/c1-10-5-7-11(8-6-10)15(2)13(16)12-4-3-9-14-12/h10-12,14H,3-9H2,1-2H3/t10?,11?,12-/m1/s1. The highest BCUT2D eigenvalue weighted by Crippen LogP contribution is 2.27. The Morgan fingerprint density at radius 3 is 2.44 bits per heavy atom. The van der Waals surface area contributed by atoms with Crippen LogP contribution in [0.1, 0.15) is 45.4 Å². The molecule has 1 amide bonds. The summed E-state index contributed by atoms with van der Waals surface area (Å²) in [5.74, 6) is 1.17. The van der Waals surface area contributed by atoms with Crippen LogP contribution in [0, 0.1) is 5.92 Å². The van der Waals surface area contributed by atoms with Crippen LogP contribution in [0.25, 0.3) is 0 Å². The molecule has 1 aliphatic carbocycles. The number of carbonyl (C=O) groups is 1. The summed E-state index contributed by atoms with van der Waals surface area (Å²) in [4.78, 5) is 14.2. The predicted octanol–water partition coefficient (Wildman–Crippen LogP) is 1.78. The van der Waals surface area contributed by atoms with Crippen molar-refractivity contribution in [3.8, 4) is 0 Å². The molecular weight excluding hydrogens is 200 g/mol. The van der Waals surface area contributed by atoms with E-state index in [0.29, 0.717) is 11.9 Å². The van der Waals surface area contributed by atoms with Crippen molar-refractivity contribution in [1.82, 2.24) is 10.2 Å². The van der Waals surface area contributed by atoms with Crippen LogP contribution in [-0.4, -0.2) is 36.5 Å². The minimum atomic E-state index is 0.101. The maximum absolute atomic E-state index is 12.2. The Morgan fingerprint density at radius 1 is 1.19 bits per heavy atom. The molecule has 1 N–H and O–H groups in total. The van der Waals surface area contributed by atoms with E-state index in [4.69, 9.17) is 0 Å². The van der Waals surface area contributed by atoms with Crippen LogP contribution in [0.5, 0.6) is 0 Å². The van der Waals surface area contributed by atoms with Gasteiger partial charge < -0.3 is 10.2 Å². The average Bonchev–Trinajstić information content (AvgIpc) is 2.81. The van der Waals surface area contributed by atoms with Crippen molar-refractivity contribution in [1.29, 1.82) is 0 Å². The van der Waals surface area contributed by atoms with E-state index in [0.717, 1.165) is 25.3 Å². The number of likely N-dealkylation sites (N-methyl/N-ethyl adjacent to an activating group) is 1. The zero-order valence-electron chi connectivity index (χ0n) is 10.5. The fourth-order valence-electron chi connectivity index (χ4n) is 2.95. The first kappa shape index (κ1) is 11.9. The predicted molar refractivity (Wildman–Crippen MR) is 65.2 cm³/mol. The van der Waals surface area contributed by atoms with Crippen molar-refractivity contribution in [2.45, 2.75) is 57.5 Å². The first-order chi connectivity index (χ1) is 7.68. The molecule has 92 valence electrons. The summed E-state index contributed by atoms with van der Waals surface area (Å²) in [6, 6.07) is 0.593. The van der Waals surface area contributed by atoms with Crippen molar-refractivity contribution >= 4 is 5.91 Å². The van der Waals surface area contributed by atoms with E-state index < -0.39 is 0 Å². The highest BCUT2D eigenvalue weighted by Gasteiger charge is 2.30. The van der Waals surface area contributed by atoms with Gasteiger partial charge in [-0.25, -0.2) is 0 Å². The SMILES string of the molecule is CC1CCC(N(C)C(=O)[C@H]2CCCN2)CC1. The quantitative estimate of drug-likeness (QED) is 0.775. The molecule has 2 fully saturated rings. The van der Waals surface area contributed by atoms with E-state index in [1.165, 1.54) is 25.7 Å². The molecule has 0 aromatic heterocycles. The first-order valence-electron chi connectivity index (χ1n) is 6.68. The zero-order valence-corrected chi connectivity index (χ0v) is 10.5. The lowest BCUT2D eigenvalue weighted by Gasteiger charge is -2.35. The van der Waals surface area contributed by atoms with E-state index in [1.807, 2.05) is 11.9 Å². The van der Waals surface area contributed by atoms with Crippen LogP contribution in [0.3, 0.4) is 0 Å². The van der Waals surface area contributed by atoms with Crippen LogP contribution < -0.4 is 5.32 Å². The number of carbonyl (C=O) groups excluding carboxylic acids is 1. The third kappa shape index (κ3) is 2.57. The molecule has 0 radical (unpaired) electrons. The zero-order chi connectivity index (χ0) is 11.5. The smallest absolute Gasteiger partial charge is 0.239 e. The summed E-state index contributed by atoms with van der Waals surface area (Å²) in [6.07, 6.45) is 7.10. The lowest BCUT2D eigenvalue weighted by atomic mass is 9.86. The second kappa shape index (κ2) is 5.17. The van der Waals surface area contributed by atoms with Crippen LogP contribution in [0.15, 0.2) is 0 Å². The molecule has 16 heavy (non-hydrogen) atoms. The molecule has 0 bridgehead atoms. The van der Waals surface area contributed by atoms with Crippen molar-refractivity contribution in [2.75, 3.05) is 13.6 Å². The van der Waals surface area contributed by atoms with Crippen molar-refractivity contribution < 1.29 is 4.79 Å². The minimum Gasteiger partial charge on any atom is -0.341 e. The Hall–Kier alpha value is -0.570. The summed E-state index contributed by atoms with van der Waals surface area (Å²) in [5, 5.41) is 3.29. The summed E-state index contributed by atoms with van der Waals surface area (Å²) in [6.45, 7) is 3.32. The highest BCUT2D eigenvalue weighted by molar-refractivity contribution is 5.82. The number of nitrogens with one attached hydrogen (secondary N) is 1. The van der Waals surface area contributed by atoms with Crippen LogP contribution in [-0.2, 0) is 4.79 Å². The van der Waals surface area contributed by atoms with Gasteiger partial charge in [-0.1, -0.05) is 6.92 Å². The maximum atomic E-state index is 12.2. The normalized spacial score (nSPS) is 35.0. The number of amides is 1. The largest absolute Gasteiger partial charge is 0.341 e. The first-order valence-corrected chi connectivity index (χ1v) is 6.68. The number of hydrogen-bond donors (Lipinski definition) is 1. The Balaban J connectivity index is 1.86. The molecule has 2 aliphatic rings. The van der Waals surface area contributed by atoms with E-state index in [9.17, 15) is 4.79 Å². The molecular formula is C13H24N2O. The third-order valence-electron chi connectivity index (χ3n) is 4.24. The fraction of sp³-hybridized carbons (Fsp3) is 0.923.